The van der Waals surface area contributed by atoms with E-state index in [2.05, 4.69) is 41.5 Å². The van der Waals surface area contributed by atoms with Crippen LogP contribution in [0.4, 0.5) is 0 Å². The Morgan fingerprint density at radius 1 is 0.958 bits per heavy atom. The minimum absolute atomic E-state index is 0.0140. The summed E-state index contributed by atoms with van der Waals surface area (Å²) in [5.41, 5.74) is 2.31. The Morgan fingerprint density at radius 3 is 1.75 bits per heavy atom. The molecule has 1 aromatic rings. The third kappa shape index (κ3) is 5.08. The van der Waals surface area contributed by atoms with Crippen molar-refractivity contribution in [1.29, 1.82) is 0 Å². The Morgan fingerprint density at radius 2 is 1.42 bits per heavy atom. The summed E-state index contributed by atoms with van der Waals surface area (Å²) in [5, 5.41) is 8.74. The van der Waals surface area contributed by atoms with Gasteiger partial charge in [-0.2, -0.15) is 0 Å². The van der Waals surface area contributed by atoms with Crippen molar-refractivity contribution in [2.75, 3.05) is 7.11 Å². The Balaban J connectivity index is 3.37. The minimum Gasteiger partial charge on any atom is -0.496 e. The first-order valence-electron chi connectivity index (χ1n) is 8.36. The summed E-state index contributed by atoms with van der Waals surface area (Å²) in [6.07, 6.45) is 0.613. The molecule has 0 heterocycles. The second-order valence-corrected chi connectivity index (χ2v) is 8.28. The highest BCUT2D eigenvalue weighted by Crippen LogP contribution is 2.40. The molecule has 1 rings (SSSR count). The molecule has 0 fully saturated rings. The van der Waals surface area contributed by atoms with E-state index in [1.807, 2.05) is 12.1 Å². The van der Waals surface area contributed by atoms with Crippen LogP contribution in [-0.2, 0) is 15.6 Å². The van der Waals surface area contributed by atoms with Crippen LogP contribution in [0.15, 0.2) is 12.1 Å². The van der Waals surface area contributed by atoms with Gasteiger partial charge in [0.15, 0.2) is 5.78 Å². The van der Waals surface area contributed by atoms with E-state index in [9.17, 15) is 9.59 Å². The van der Waals surface area contributed by atoms with E-state index >= 15 is 0 Å². The van der Waals surface area contributed by atoms with Crippen LogP contribution < -0.4 is 4.74 Å². The Kier molecular flexibility index (Phi) is 6.20. The first-order chi connectivity index (χ1) is 10.9. The number of carboxylic acid groups (broad SMARTS) is 1. The average Bonchev–Trinajstić information content (AvgIpc) is 2.43. The predicted molar refractivity (Wildman–Crippen MR) is 96.2 cm³/mol. The summed E-state index contributed by atoms with van der Waals surface area (Å²) in [4.78, 5) is 23.2. The summed E-state index contributed by atoms with van der Waals surface area (Å²) in [7, 11) is 1.66. The maximum atomic E-state index is 12.6. The molecule has 134 valence electrons. The zero-order valence-electron chi connectivity index (χ0n) is 15.9. The first kappa shape index (κ1) is 20.2. The molecule has 0 aromatic heterocycles. The SMILES string of the molecule is COc1c(C(C)(C)C)cc(C(=O)CCCC(=O)O)cc1C(C)(C)C. The summed E-state index contributed by atoms with van der Waals surface area (Å²) in [5.74, 6) is -0.0599. The van der Waals surface area contributed by atoms with E-state index in [1.54, 1.807) is 7.11 Å². The molecule has 0 radical (unpaired) electrons. The van der Waals surface area contributed by atoms with Gasteiger partial charge in [0.2, 0.25) is 0 Å². The number of hydrogen-bond donors (Lipinski definition) is 1. The van der Waals surface area contributed by atoms with Crippen LogP contribution in [0.2, 0.25) is 0 Å². The van der Waals surface area contributed by atoms with Crippen LogP contribution >= 0.6 is 0 Å². The van der Waals surface area contributed by atoms with E-state index in [4.69, 9.17) is 9.84 Å². The molecule has 0 saturated carbocycles. The van der Waals surface area contributed by atoms with Gasteiger partial charge in [0.05, 0.1) is 7.11 Å². The summed E-state index contributed by atoms with van der Waals surface area (Å²) >= 11 is 0. The lowest BCUT2D eigenvalue weighted by molar-refractivity contribution is -0.137. The van der Waals surface area contributed by atoms with Crippen molar-refractivity contribution in [2.45, 2.75) is 71.6 Å². The molecular weight excluding hydrogens is 304 g/mol. The Hall–Kier alpha value is -1.84. The largest absolute Gasteiger partial charge is 0.496 e. The van der Waals surface area contributed by atoms with Gasteiger partial charge in [0.25, 0.3) is 0 Å². The lowest BCUT2D eigenvalue weighted by atomic mass is 9.78. The molecule has 0 aliphatic rings. The van der Waals surface area contributed by atoms with Gasteiger partial charge in [0.1, 0.15) is 5.75 Å². The maximum Gasteiger partial charge on any atom is 0.303 e. The number of Topliss-reactive ketones (excluding diaryl/α,β-unsaturated/α-hetero) is 1. The van der Waals surface area contributed by atoms with Gasteiger partial charge in [-0.05, 0) is 29.4 Å². The molecule has 0 amide bonds. The monoisotopic (exact) mass is 334 g/mol. The third-order valence-corrected chi connectivity index (χ3v) is 4.03. The molecule has 0 unspecified atom stereocenters. The second-order valence-electron chi connectivity index (χ2n) is 8.28. The van der Waals surface area contributed by atoms with Gasteiger partial charge in [-0.1, -0.05) is 41.5 Å². The number of methoxy groups -OCH3 is 1. The van der Waals surface area contributed by atoms with Crippen LogP contribution in [0.3, 0.4) is 0 Å². The number of benzene rings is 1. The predicted octanol–water partition coefficient (Wildman–Crippen LogP) is 4.73. The van der Waals surface area contributed by atoms with Crippen molar-refractivity contribution in [3.8, 4) is 5.75 Å². The fraction of sp³-hybridized carbons (Fsp3) is 0.600. The fourth-order valence-electron chi connectivity index (χ4n) is 2.67. The van der Waals surface area contributed by atoms with Gasteiger partial charge < -0.3 is 9.84 Å². The van der Waals surface area contributed by atoms with Crippen molar-refractivity contribution < 1.29 is 19.4 Å². The number of hydrogen-bond acceptors (Lipinski definition) is 3. The zero-order chi connectivity index (χ0) is 18.7. The summed E-state index contributed by atoms with van der Waals surface area (Å²) in [6.45, 7) is 12.6. The number of carbonyl (C=O) groups is 2. The number of ketones is 1. The average molecular weight is 334 g/mol. The van der Waals surface area contributed by atoms with Crippen molar-refractivity contribution in [3.05, 3.63) is 28.8 Å². The lowest BCUT2D eigenvalue weighted by Gasteiger charge is -2.29. The molecule has 0 saturated heterocycles. The Labute approximate surface area is 145 Å². The molecular formula is C20H30O4. The summed E-state index contributed by atoms with van der Waals surface area (Å²) < 4.78 is 5.69. The second kappa shape index (κ2) is 7.37. The molecule has 0 aliphatic heterocycles. The molecule has 1 aromatic carbocycles. The highest BCUT2D eigenvalue weighted by atomic mass is 16.5. The van der Waals surface area contributed by atoms with E-state index in [0.29, 0.717) is 12.0 Å². The van der Waals surface area contributed by atoms with Crippen LogP contribution in [0.1, 0.15) is 82.3 Å². The number of aliphatic carboxylic acids is 1. The van der Waals surface area contributed by atoms with E-state index < -0.39 is 5.97 Å². The maximum absolute atomic E-state index is 12.6. The van der Waals surface area contributed by atoms with E-state index in [1.165, 1.54) is 0 Å². The minimum atomic E-state index is -0.872. The van der Waals surface area contributed by atoms with Crippen molar-refractivity contribution in [1.82, 2.24) is 0 Å². The Bertz CT molecular complexity index is 581. The van der Waals surface area contributed by atoms with E-state index in [0.717, 1.165) is 16.9 Å². The van der Waals surface area contributed by atoms with Crippen molar-refractivity contribution in [3.63, 3.8) is 0 Å². The summed E-state index contributed by atoms with van der Waals surface area (Å²) in [6, 6.07) is 3.80. The van der Waals surface area contributed by atoms with Crippen LogP contribution in [0, 0.1) is 0 Å². The smallest absolute Gasteiger partial charge is 0.303 e. The van der Waals surface area contributed by atoms with Gasteiger partial charge in [-0.3, -0.25) is 9.59 Å². The first-order valence-corrected chi connectivity index (χ1v) is 8.36. The molecule has 0 spiro atoms. The van der Waals surface area contributed by atoms with Crippen LogP contribution in [0.25, 0.3) is 0 Å². The molecule has 0 bridgehead atoms. The van der Waals surface area contributed by atoms with Crippen molar-refractivity contribution in [2.24, 2.45) is 0 Å². The van der Waals surface area contributed by atoms with Gasteiger partial charge in [0, 0.05) is 29.5 Å². The highest BCUT2D eigenvalue weighted by molar-refractivity contribution is 5.97. The fourth-order valence-corrected chi connectivity index (χ4v) is 2.67. The topological polar surface area (TPSA) is 63.6 Å². The lowest BCUT2D eigenvalue weighted by Crippen LogP contribution is -2.20. The van der Waals surface area contributed by atoms with Crippen molar-refractivity contribution >= 4 is 11.8 Å². The third-order valence-electron chi connectivity index (χ3n) is 4.03. The number of ether oxygens (including phenoxy) is 1. The quantitative estimate of drug-likeness (QED) is 0.764. The van der Waals surface area contributed by atoms with E-state index in [-0.39, 0.29) is 29.5 Å². The van der Waals surface area contributed by atoms with Gasteiger partial charge in [-0.15, -0.1) is 0 Å². The standard InChI is InChI=1S/C20H30O4/c1-19(2,3)14-11-13(16(21)9-8-10-17(22)23)12-15(18(14)24-7)20(4,5)6/h11-12H,8-10H2,1-7H3,(H,22,23). The van der Waals surface area contributed by atoms with Gasteiger partial charge >= 0.3 is 5.97 Å². The normalized spacial score (nSPS) is 12.1. The zero-order valence-corrected chi connectivity index (χ0v) is 15.9. The van der Waals surface area contributed by atoms with Gasteiger partial charge in [-0.25, -0.2) is 0 Å². The molecule has 0 aliphatic carbocycles. The highest BCUT2D eigenvalue weighted by Gasteiger charge is 2.28. The molecule has 1 N–H and O–H groups in total. The number of rotatable bonds is 6. The number of carboxylic acids is 1. The van der Waals surface area contributed by atoms with Crippen LogP contribution in [-0.4, -0.2) is 24.0 Å². The molecule has 0 atom stereocenters. The molecule has 4 heteroatoms. The molecule has 4 nitrogen and oxygen atoms in total. The molecule has 24 heavy (non-hydrogen) atoms. The van der Waals surface area contributed by atoms with Crippen LogP contribution in [0.5, 0.6) is 5.75 Å². The number of carbonyl (C=O) groups excluding carboxylic acids is 1.